The molecule has 0 amide bonds. The first-order chi connectivity index (χ1) is 8.59. The van der Waals surface area contributed by atoms with Crippen molar-refractivity contribution >= 4 is 34.4 Å². The van der Waals surface area contributed by atoms with Crippen molar-refractivity contribution in [1.29, 1.82) is 0 Å². The van der Waals surface area contributed by atoms with E-state index in [1.807, 2.05) is 0 Å². The third-order valence-corrected chi connectivity index (χ3v) is 2.72. The molecule has 0 saturated carbocycles. The van der Waals surface area contributed by atoms with Crippen molar-refractivity contribution in [3.05, 3.63) is 57.6 Å². The standard InChI is InChI=1S/C12H10ClN3O2/c13-8-4-1-2-6-10(8)15-11-7-3-5-9(14)12(11)16(17)18/h1-7,15H,14H2. The van der Waals surface area contributed by atoms with E-state index in [1.54, 1.807) is 36.4 Å². The average molecular weight is 264 g/mol. The lowest BCUT2D eigenvalue weighted by Crippen LogP contribution is -2.01. The Bertz CT molecular complexity index is 602. The number of hydrogen-bond donors (Lipinski definition) is 2. The molecule has 2 rings (SSSR count). The highest BCUT2D eigenvalue weighted by Crippen LogP contribution is 2.34. The van der Waals surface area contributed by atoms with Crippen LogP contribution in [0.25, 0.3) is 0 Å². The molecule has 0 atom stereocenters. The SMILES string of the molecule is Nc1cccc(Nc2ccccc2Cl)c1[N+](=O)[O-]. The van der Waals surface area contributed by atoms with Crippen LogP contribution in [0.2, 0.25) is 5.02 Å². The van der Waals surface area contributed by atoms with Gasteiger partial charge in [-0.3, -0.25) is 10.1 Å². The van der Waals surface area contributed by atoms with Gasteiger partial charge in [0.1, 0.15) is 11.4 Å². The van der Waals surface area contributed by atoms with Crippen LogP contribution in [0.4, 0.5) is 22.7 Å². The Morgan fingerprint density at radius 1 is 1.11 bits per heavy atom. The van der Waals surface area contributed by atoms with E-state index in [9.17, 15) is 10.1 Å². The maximum atomic E-state index is 11.0. The summed E-state index contributed by atoms with van der Waals surface area (Å²) >= 11 is 5.98. The largest absolute Gasteiger partial charge is 0.393 e. The molecule has 0 spiro atoms. The topological polar surface area (TPSA) is 81.2 Å². The molecule has 18 heavy (non-hydrogen) atoms. The third kappa shape index (κ3) is 2.36. The number of halogens is 1. The summed E-state index contributed by atoms with van der Waals surface area (Å²) in [5.74, 6) is 0. The highest BCUT2D eigenvalue weighted by molar-refractivity contribution is 6.33. The summed E-state index contributed by atoms with van der Waals surface area (Å²) in [4.78, 5) is 10.5. The van der Waals surface area contributed by atoms with Crippen molar-refractivity contribution in [2.75, 3.05) is 11.1 Å². The van der Waals surface area contributed by atoms with E-state index in [4.69, 9.17) is 17.3 Å². The normalized spacial score (nSPS) is 10.1. The zero-order chi connectivity index (χ0) is 13.1. The van der Waals surface area contributed by atoms with Crippen molar-refractivity contribution < 1.29 is 4.92 Å². The number of nitrogens with one attached hydrogen (secondary N) is 1. The Morgan fingerprint density at radius 2 is 1.78 bits per heavy atom. The molecule has 2 aromatic carbocycles. The molecule has 92 valence electrons. The van der Waals surface area contributed by atoms with E-state index in [2.05, 4.69) is 5.32 Å². The first-order valence-corrected chi connectivity index (χ1v) is 5.52. The van der Waals surface area contributed by atoms with Crippen LogP contribution in [0.15, 0.2) is 42.5 Å². The summed E-state index contributed by atoms with van der Waals surface area (Å²) in [5.41, 5.74) is 6.46. The molecule has 0 aliphatic carbocycles. The average Bonchev–Trinajstić information content (AvgIpc) is 2.31. The summed E-state index contributed by atoms with van der Waals surface area (Å²) in [5, 5.41) is 14.4. The van der Waals surface area contributed by atoms with Crippen LogP contribution < -0.4 is 11.1 Å². The molecule has 0 aliphatic heterocycles. The predicted octanol–water partition coefficient (Wildman–Crippen LogP) is 3.57. The molecule has 0 bridgehead atoms. The second-order valence-electron chi connectivity index (χ2n) is 3.61. The van der Waals surface area contributed by atoms with E-state index in [0.717, 1.165) is 0 Å². The number of nitro groups is 1. The molecule has 0 heterocycles. The molecule has 0 unspecified atom stereocenters. The minimum atomic E-state index is -0.519. The lowest BCUT2D eigenvalue weighted by atomic mass is 10.2. The molecular weight excluding hydrogens is 254 g/mol. The van der Waals surface area contributed by atoms with Gasteiger partial charge in [-0.25, -0.2) is 0 Å². The summed E-state index contributed by atoms with van der Waals surface area (Å²) in [7, 11) is 0. The second kappa shape index (κ2) is 4.93. The Kier molecular flexibility index (Phi) is 3.34. The quantitative estimate of drug-likeness (QED) is 0.504. The van der Waals surface area contributed by atoms with Crippen molar-refractivity contribution in [3.63, 3.8) is 0 Å². The Morgan fingerprint density at radius 3 is 2.44 bits per heavy atom. The fraction of sp³-hybridized carbons (Fsp3) is 0. The molecule has 0 aromatic heterocycles. The fourth-order valence-corrected chi connectivity index (χ4v) is 1.76. The molecule has 0 fully saturated rings. The van der Waals surface area contributed by atoms with Gasteiger partial charge in [-0.2, -0.15) is 0 Å². The van der Waals surface area contributed by atoms with Gasteiger partial charge in [0.2, 0.25) is 0 Å². The summed E-state index contributed by atoms with van der Waals surface area (Å²) in [6.45, 7) is 0. The van der Waals surface area contributed by atoms with E-state index in [1.165, 1.54) is 6.07 Å². The monoisotopic (exact) mass is 263 g/mol. The summed E-state index contributed by atoms with van der Waals surface area (Å²) in [6, 6.07) is 11.7. The van der Waals surface area contributed by atoms with E-state index in [-0.39, 0.29) is 11.4 Å². The summed E-state index contributed by atoms with van der Waals surface area (Å²) < 4.78 is 0. The van der Waals surface area contributed by atoms with Gasteiger partial charge in [-0.1, -0.05) is 29.8 Å². The highest BCUT2D eigenvalue weighted by atomic mass is 35.5. The Hall–Kier alpha value is -2.27. The third-order valence-electron chi connectivity index (χ3n) is 2.39. The maximum absolute atomic E-state index is 11.0. The number of anilines is 3. The first-order valence-electron chi connectivity index (χ1n) is 5.14. The Balaban J connectivity index is 2.44. The van der Waals surface area contributed by atoms with Crippen molar-refractivity contribution in [3.8, 4) is 0 Å². The van der Waals surface area contributed by atoms with Crippen LogP contribution in [0.1, 0.15) is 0 Å². The smallest absolute Gasteiger partial charge is 0.315 e. The zero-order valence-electron chi connectivity index (χ0n) is 9.26. The lowest BCUT2D eigenvalue weighted by Gasteiger charge is -2.09. The van der Waals surface area contributed by atoms with Crippen LogP contribution in [-0.4, -0.2) is 4.92 Å². The van der Waals surface area contributed by atoms with Gasteiger partial charge in [0.15, 0.2) is 0 Å². The van der Waals surface area contributed by atoms with Gasteiger partial charge in [-0.05, 0) is 24.3 Å². The number of rotatable bonds is 3. The number of nitrogens with two attached hydrogens (primary N) is 1. The number of hydrogen-bond acceptors (Lipinski definition) is 4. The molecular formula is C12H10ClN3O2. The van der Waals surface area contributed by atoms with Crippen LogP contribution in [-0.2, 0) is 0 Å². The first kappa shape index (κ1) is 12.2. The van der Waals surface area contributed by atoms with Crippen molar-refractivity contribution in [1.82, 2.24) is 0 Å². The van der Waals surface area contributed by atoms with Crippen LogP contribution in [0.3, 0.4) is 0 Å². The fourth-order valence-electron chi connectivity index (χ4n) is 1.57. The Labute approximate surface area is 108 Å². The van der Waals surface area contributed by atoms with Crippen LogP contribution in [0, 0.1) is 10.1 Å². The maximum Gasteiger partial charge on any atom is 0.315 e. The minimum Gasteiger partial charge on any atom is -0.393 e. The van der Waals surface area contributed by atoms with E-state index < -0.39 is 4.92 Å². The minimum absolute atomic E-state index is 0.108. The number of nitro benzene ring substituents is 1. The van der Waals surface area contributed by atoms with E-state index in [0.29, 0.717) is 16.4 Å². The molecule has 0 saturated heterocycles. The van der Waals surface area contributed by atoms with Gasteiger partial charge in [0, 0.05) is 0 Å². The molecule has 3 N–H and O–H groups in total. The lowest BCUT2D eigenvalue weighted by molar-refractivity contribution is -0.383. The molecule has 5 nitrogen and oxygen atoms in total. The van der Waals surface area contributed by atoms with Crippen molar-refractivity contribution in [2.45, 2.75) is 0 Å². The van der Waals surface area contributed by atoms with Gasteiger partial charge in [0.25, 0.3) is 0 Å². The number of nitrogens with zero attached hydrogens (tertiary/aromatic N) is 1. The second-order valence-corrected chi connectivity index (χ2v) is 4.01. The molecule has 0 radical (unpaired) electrons. The molecule has 6 heteroatoms. The molecule has 2 aromatic rings. The van der Waals surface area contributed by atoms with Gasteiger partial charge >= 0.3 is 5.69 Å². The van der Waals surface area contributed by atoms with E-state index >= 15 is 0 Å². The number of nitrogen functional groups attached to an aromatic ring is 1. The van der Waals surface area contributed by atoms with Crippen LogP contribution in [0.5, 0.6) is 0 Å². The van der Waals surface area contributed by atoms with Gasteiger partial charge < -0.3 is 11.1 Å². The van der Waals surface area contributed by atoms with Crippen molar-refractivity contribution in [2.24, 2.45) is 0 Å². The van der Waals surface area contributed by atoms with Gasteiger partial charge in [0.05, 0.1) is 15.6 Å². The summed E-state index contributed by atoms with van der Waals surface area (Å²) in [6.07, 6.45) is 0. The predicted molar refractivity (Wildman–Crippen MR) is 72.2 cm³/mol. The zero-order valence-corrected chi connectivity index (χ0v) is 10.0. The highest BCUT2D eigenvalue weighted by Gasteiger charge is 2.18. The molecule has 0 aliphatic rings. The van der Waals surface area contributed by atoms with Crippen LogP contribution >= 0.6 is 11.6 Å². The number of benzene rings is 2. The number of para-hydroxylation sites is 2. The van der Waals surface area contributed by atoms with Gasteiger partial charge in [-0.15, -0.1) is 0 Å².